The Kier molecular flexibility index (Phi) is 35.5. The van der Waals surface area contributed by atoms with Gasteiger partial charge in [0.05, 0.1) is 0 Å². The molecule has 52 heavy (non-hydrogen) atoms. The van der Waals surface area contributed by atoms with Crippen molar-refractivity contribution in [1.82, 2.24) is 0 Å². The molecular formula is C22H23ClF16I4O7V2. The van der Waals surface area contributed by atoms with Gasteiger partial charge in [-0.2, -0.15) is 70.2 Å². The number of carbonyl (C=O) groups excluding carboxylic acids is 3. The van der Waals surface area contributed by atoms with E-state index in [4.69, 9.17) is 21.8 Å². The van der Waals surface area contributed by atoms with Crippen LogP contribution in [0.4, 0.5) is 70.2 Å². The van der Waals surface area contributed by atoms with Crippen LogP contribution in [-0.2, 0) is 42.8 Å². The molecule has 2 N–H and O–H groups in total. The standard InChI is InChI=1S/C12H10F8O4.C6H6F8O2.C3H3ClO.CH4.4HI.2V/c1-3-7(21)23-5-9(13,14)11(17,18)12(19,20)10(15,16)6-24-8(22)4-2;7-3(8,1-15)5(11,12)6(13,14)4(9,10)2-16;1-2-3(4)5;;;;;;;/h3-4H,1-2,5-6H2;15-16H,1-2H2;2H,1H2;1H4;4*1H;;/q;;;;;;;;2*+2/p-4. The Bertz CT molecular complexity index is 1040. The summed E-state index contributed by atoms with van der Waals surface area (Å²) in [5.41, 5.74) is 0. The maximum absolute atomic E-state index is 13.3. The number of rotatable bonds is 15. The van der Waals surface area contributed by atoms with Gasteiger partial charge in [-0.3, -0.25) is 4.79 Å². The van der Waals surface area contributed by atoms with Crippen LogP contribution in [0.25, 0.3) is 0 Å². The van der Waals surface area contributed by atoms with Crippen molar-refractivity contribution in [2.45, 2.75) is 54.8 Å². The zero-order chi connectivity index (χ0) is 42.5. The second kappa shape index (κ2) is 28.4. The van der Waals surface area contributed by atoms with Gasteiger partial charge in [0.25, 0.3) is 0 Å². The Morgan fingerprint density at radius 2 is 0.712 bits per heavy atom. The minimum atomic E-state index is -6.65. The number of aliphatic hydroxyl groups excluding tert-OH is 2. The number of allylic oxidation sites excluding steroid dienone is 1. The van der Waals surface area contributed by atoms with Gasteiger partial charge < -0.3 is 19.7 Å². The van der Waals surface area contributed by atoms with Gasteiger partial charge in [0.15, 0.2) is 13.2 Å². The molecule has 0 aliphatic heterocycles. The summed E-state index contributed by atoms with van der Waals surface area (Å²) in [5.74, 6) is -52.8. The van der Waals surface area contributed by atoms with Crippen molar-refractivity contribution in [2.24, 2.45) is 0 Å². The van der Waals surface area contributed by atoms with Gasteiger partial charge in [-0.15, -0.1) is 0 Å². The van der Waals surface area contributed by atoms with Gasteiger partial charge >= 0.3 is 158 Å². The fraction of sp³-hybridized carbons (Fsp3) is 0.591. The topological polar surface area (TPSA) is 110 Å². The average Bonchev–Trinajstić information content (AvgIpc) is 3.03. The van der Waals surface area contributed by atoms with E-state index in [1.165, 1.54) is 0 Å². The molecule has 0 aromatic rings. The van der Waals surface area contributed by atoms with Crippen LogP contribution in [0.5, 0.6) is 0 Å². The van der Waals surface area contributed by atoms with Crippen LogP contribution in [-0.4, -0.2) is 101 Å². The first kappa shape index (κ1) is 64.9. The van der Waals surface area contributed by atoms with E-state index in [0.717, 1.165) is 6.08 Å². The Morgan fingerprint density at radius 1 is 0.538 bits per heavy atom. The van der Waals surface area contributed by atoms with E-state index in [-0.39, 0.29) is 19.6 Å². The van der Waals surface area contributed by atoms with Gasteiger partial charge in [-0.1, -0.05) is 27.2 Å². The summed E-state index contributed by atoms with van der Waals surface area (Å²) in [4.78, 5) is 30.5. The van der Waals surface area contributed by atoms with Crippen molar-refractivity contribution in [3.63, 3.8) is 0 Å². The molecular weight excluding hydrogens is 1330 g/mol. The molecule has 0 saturated carbocycles. The third-order valence-electron chi connectivity index (χ3n) is 4.31. The molecule has 310 valence electrons. The molecule has 0 heterocycles. The van der Waals surface area contributed by atoms with Crippen molar-refractivity contribution >= 4 is 109 Å². The first-order chi connectivity index (χ1) is 22.6. The Hall–Kier alpha value is 1.01. The molecule has 0 amide bonds. The predicted molar refractivity (Wildman–Crippen MR) is 180 cm³/mol. The van der Waals surface area contributed by atoms with Crippen molar-refractivity contribution < 1.29 is 123 Å². The number of aliphatic hydroxyl groups is 2. The first-order valence-corrected chi connectivity index (χ1v) is 29.5. The molecule has 0 aromatic carbocycles. The van der Waals surface area contributed by atoms with Crippen molar-refractivity contribution in [3.8, 4) is 0 Å². The minimum absolute atomic E-state index is 0. The van der Waals surface area contributed by atoms with Crippen LogP contribution >= 0.6 is 91.5 Å². The monoisotopic (exact) mass is 1350 g/mol. The summed E-state index contributed by atoms with van der Waals surface area (Å²) in [6.45, 7) is -2.16. The number of carbonyl (C=O) groups is 3. The molecule has 7 nitrogen and oxygen atoms in total. The van der Waals surface area contributed by atoms with Gasteiger partial charge in [0.1, 0.15) is 13.2 Å². The van der Waals surface area contributed by atoms with Crippen LogP contribution in [0.1, 0.15) is 7.43 Å². The molecule has 0 spiro atoms. The average molecular weight is 1350 g/mol. The van der Waals surface area contributed by atoms with Crippen LogP contribution in [0.3, 0.4) is 0 Å². The third-order valence-corrected chi connectivity index (χ3v) is 4.46. The molecule has 0 aliphatic rings. The molecule has 0 aliphatic carbocycles. The van der Waals surface area contributed by atoms with E-state index in [9.17, 15) is 84.6 Å². The fourth-order valence-electron chi connectivity index (χ4n) is 1.74. The van der Waals surface area contributed by atoms with E-state index in [2.05, 4.69) is 109 Å². The zero-order valence-electron chi connectivity index (χ0n) is 23.9. The van der Waals surface area contributed by atoms with Crippen molar-refractivity contribution in [2.75, 3.05) is 26.4 Å². The van der Waals surface area contributed by atoms with Crippen LogP contribution < -0.4 is 0 Å². The molecule has 0 unspecified atom stereocenters. The Morgan fingerprint density at radius 3 is 0.846 bits per heavy atom. The van der Waals surface area contributed by atoms with E-state index in [1.807, 2.05) is 0 Å². The third kappa shape index (κ3) is 20.4. The fourth-order valence-corrected chi connectivity index (χ4v) is 1.74. The molecule has 0 saturated heterocycles. The van der Waals surface area contributed by atoms with Gasteiger partial charge in [0, 0.05) is 12.2 Å². The number of esters is 2. The molecule has 0 rings (SSSR count). The van der Waals surface area contributed by atoms with Gasteiger partial charge in [-0.05, 0) is 17.7 Å². The Labute approximate surface area is 347 Å². The quantitative estimate of drug-likeness (QED) is 0.0553. The number of hydrogen-bond donors (Lipinski definition) is 2. The molecule has 0 bridgehead atoms. The molecule has 0 fully saturated rings. The summed E-state index contributed by atoms with van der Waals surface area (Å²) in [5, 5.41) is 15.0. The summed E-state index contributed by atoms with van der Waals surface area (Å²) >= 11 is 14.2. The van der Waals surface area contributed by atoms with Crippen molar-refractivity contribution in [3.05, 3.63) is 38.0 Å². The number of hydrogen-bond acceptors (Lipinski definition) is 7. The van der Waals surface area contributed by atoms with E-state index < -0.39 is 91.0 Å². The summed E-state index contributed by atoms with van der Waals surface area (Å²) in [6.07, 6.45) is 1.56. The maximum atomic E-state index is 13.3. The van der Waals surface area contributed by atoms with E-state index in [0.29, 0.717) is 18.9 Å². The zero-order valence-corrected chi connectivity index (χ0v) is 36.1. The second-order valence-electron chi connectivity index (χ2n) is 7.69. The molecule has 0 radical (unpaired) electrons. The summed E-state index contributed by atoms with van der Waals surface area (Å²) in [7, 11) is 1.25. The normalized spacial score (nSPS) is 12.0. The SMILES string of the molecule is C.C=CC(=O)Cl.C=CC(=O)OCC(F)(F)C(F)(F)C(F)(F)C(F)(F)COC(=O)C=C.OCC(F)(F)C(F)(F)C(F)(F)C(F)(F)CO.[I][V][I].[I][V][I]. The molecule has 30 heteroatoms. The van der Waals surface area contributed by atoms with Crippen LogP contribution in [0.15, 0.2) is 38.0 Å². The van der Waals surface area contributed by atoms with Crippen molar-refractivity contribution in [1.29, 1.82) is 0 Å². The van der Waals surface area contributed by atoms with Crippen LogP contribution in [0.2, 0.25) is 0 Å². The number of alkyl halides is 16. The number of ether oxygens (including phenoxy) is 2. The summed E-state index contributed by atoms with van der Waals surface area (Å²) < 4.78 is 211. The summed E-state index contributed by atoms with van der Waals surface area (Å²) in [6, 6.07) is 0. The molecule has 0 atom stereocenters. The van der Waals surface area contributed by atoms with Gasteiger partial charge in [-0.25, -0.2) is 9.59 Å². The van der Waals surface area contributed by atoms with E-state index >= 15 is 0 Å². The first-order valence-electron chi connectivity index (χ1n) is 11.1. The predicted octanol–water partition coefficient (Wildman–Crippen LogP) is 9.61. The second-order valence-corrected chi connectivity index (χ2v) is 31.6. The van der Waals surface area contributed by atoms with Gasteiger partial charge in [0.2, 0.25) is 5.24 Å². The van der Waals surface area contributed by atoms with Crippen LogP contribution in [0, 0.1) is 0 Å². The molecule has 0 aromatic heterocycles. The number of halogens is 21. The Balaban J connectivity index is -0.000000162. The van der Waals surface area contributed by atoms with E-state index in [1.54, 1.807) is 0 Å².